The normalized spacial score (nSPS) is 18.3. The third-order valence-electron chi connectivity index (χ3n) is 3.66. The van der Waals surface area contributed by atoms with Crippen LogP contribution in [0.3, 0.4) is 0 Å². The van der Waals surface area contributed by atoms with Crippen molar-refractivity contribution >= 4 is 11.7 Å². The zero-order valence-corrected chi connectivity index (χ0v) is 11.7. The minimum absolute atomic E-state index is 0.289. The van der Waals surface area contributed by atoms with E-state index in [-0.39, 0.29) is 5.56 Å². The molecule has 0 bridgehead atoms. The van der Waals surface area contributed by atoms with E-state index >= 15 is 0 Å². The lowest BCUT2D eigenvalue weighted by Crippen LogP contribution is -2.30. The maximum atomic E-state index is 13.7. The summed E-state index contributed by atoms with van der Waals surface area (Å²) in [7, 11) is 0. The van der Waals surface area contributed by atoms with E-state index in [2.05, 4.69) is 5.16 Å². The average Bonchev–Trinajstić information content (AvgIpc) is 2.41. The molecule has 114 valence electrons. The summed E-state index contributed by atoms with van der Waals surface area (Å²) in [5.74, 6) is -3.17. The molecule has 2 rings (SSSR count). The van der Waals surface area contributed by atoms with Gasteiger partial charge in [-0.05, 0) is 44.7 Å². The van der Waals surface area contributed by atoms with Crippen molar-refractivity contribution in [3.05, 3.63) is 35.4 Å². The Hall–Kier alpha value is -1.98. The summed E-state index contributed by atoms with van der Waals surface area (Å²) in [6, 6.07) is 2.65. The summed E-state index contributed by atoms with van der Waals surface area (Å²) in [6.07, 6.45) is 4.63. The highest BCUT2D eigenvalue weighted by Crippen LogP contribution is 2.31. The zero-order chi connectivity index (χ0) is 15.5. The van der Waals surface area contributed by atoms with E-state index in [0.717, 1.165) is 44.2 Å². The fraction of sp³-hybridized carbons (Fsp3) is 0.467. The van der Waals surface area contributed by atoms with Crippen LogP contribution in [-0.2, 0) is 9.63 Å². The lowest BCUT2D eigenvalue weighted by atomic mass is 9.87. The molecule has 0 aromatic heterocycles. The molecule has 1 N–H and O–H groups in total. The van der Waals surface area contributed by atoms with Gasteiger partial charge in [0.25, 0.3) is 0 Å². The first-order valence-corrected chi connectivity index (χ1v) is 6.86. The molecule has 0 amide bonds. The van der Waals surface area contributed by atoms with Crippen molar-refractivity contribution in [2.75, 3.05) is 0 Å². The first kappa shape index (κ1) is 15.4. The van der Waals surface area contributed by atoms with Crippen molar-refractivity contribution in [3.8, 4) is 0 Å². The highest BCUT2D eigenvalue weighted by molar-refractivity contribution is 6.42. The van der Waals surface area contributed by atoms with Gasteiger partial charge < -0.3 is 9.94 Å². The minimum atomic E-state index is -1.42. The van der Waals surface area contributed by atoms with Crippen LogP contribution in [-0.4, -0.2) is 22.4 Å². The number of carboxylic acid groups (broad SMARTS) is 1. The van der Waals surface area contributed by atoms with E-state index in [9.17, 15) is 13.6 Å². The molecule has 0 saturated heterocycles. The van der Waals surface area contributed by atoms with Gasteiger partial charge in [-0.2, -0.15) is 0 Å². The molecule has 0 spiro atoms. The first-order chi connectivity index (χ1) is 9.91. The Kier molecular flexibility index (Phi) is 4.55. The molecule has 1 aliphatic rings. The van der Waals surface area contributed by atoms with Gasteiger partial charge in [0, 0.05) is 11.6 Å². The predicted molar refractivity (Wildman–Crippen MR) is 73.1 cm³/mol. The van der Waals surface area contributed by atoms with Crippen molar-refractivity contribution in [2.45, 2.75) is 44.6 Å². The molecule has 1 aromatic carbocycles. The Morgan fingerprint density at radius 3 is 2.52 bits per heavy atom. The first-order valence-electron chi connectivity index (χ1n) is 6.86. The van der Waals surface area contributed by atoms with Crippen molar-refractivity contribution in [1.29, 1.82) is 0 Å². The number of hydrogen-bond donors (Lipinski definition) is 1. The van der Waals surface area contributed by atoms with Gasteiger partial charge in [-0.3, -0.25) is 0 Å². The molecule has 0 radical (unpaired) electrons. The number of rotatable bonds is 4. The Morgan fingerprint density at radius 2 is 1.95 bits per heavy atom. The second kappa shape index (κ2) is 6.20. The second-order valence-corrected chi connectivity index (χ2v) is 5.47. The SMILES string of the molecule is CC1(ON=C(C(=O)O)c2ccc(F)cc2F)CCCCC1. The van der Waals surface area contributed by atoms with Crippen LogP contribution in [0.4, 0.5) is 8.78 Å². The van der Waals surface area contributed by atoms with Gasteiger partial charge in [-0.1, -0.05) is 11.6 Å². The van der Waals surface area contributed by atoms with Gasteiger partial charge in [-0.15, -0.1) is 0 Å². The Morgan fingerprint density at radius 1 is 1.29 bits per heavy atom. The number of aliphatic carboxylic acids is 1. The van der Waals surface area contributed by atoms with E-state index < -0.39 is 28.9 Å². The summed E-state index contributed by atoms with van der Waals surface area (Å²) in [6.45, 7) is 1.86. The topological polar surface area (TPSA) is 58.9 Å². The minimum Gasteiger partial charge on any atom is -0.476 e. The largest absolute Gasteiger partial charge is 0.476 e. The van der Waals surface area contributed by atoms with Crippen LogP contribution >= 0.6 is 0 Å². The quantitative estimate of drug-likeness (QED) is 0.683. The van der Waals surface area contributed by atoms with Crippen LogP contribution in [0.25, 0.3) is 0 Å². The Bertz CT molecular complexity index is 566. The van der Waals surface area contributed by atoms with Gasteiger partial charge in [-0.25, -0.2) is 13.6 Å². The van der Waals surface area contributed by atoms with Gasteiger partial charge in [0.2, 0.25) is 0 Å². The molecular formula is C15H17F2NO3. The maximum Gasteiger partial charge on any atom is 0.358 e. The molecule has 1 aliphatic carbocycles. The molecule has 4 nitrogen and oxygen atoms in total. The highest BCUT2D eigenvalue weighted by atomic mass is 19.1. The van der Waals surface area contributed by atoms with Crippen LogP contribution < -0.4 is 0 Å². The summed E-state index contributed by atoms with van der Waals surface area (Å²) in [5.41, 5.74) is -1.38. The van der Waals surface area contributed by atoms with Gasteiger partial charge in [0.15, 0.2) is 5.71 Å². The summed E-state index contributed by atoms with van der Waals surface area (Å²) in [4.78, 5) is 16.6. The third-order valence-corrected chi connectivity index (χ3v) is 3.66. The maximum absolute atomic E-state index is 13.7. The number of oxime groups is 1. The fourth-order valence-corrected chi connectivity index (χ4v) is 2.43. The molecule has 6 heteroatoms. The average molecular weight is 297 g/mol. The van der Waals surface area contributed by atoms with Crippen molar-refractivity contribution in [2.24, 2.45) is 5.16 Å². The monoisotopic (exact) mass is 297 g/mol. The molecule has 0 unspecified atom stereocenters. The van der Waals surface area contributed by atoms with E-state index in [1.807, 2.05) is 6.92 Å². The van der Waals surface area contributed by atoms with Crippen LogP contribution in [0, 0.1) is 11.6 Å². The number of carbonyl (C=O) groups is 1. The van der Waals surface area contributed by atoms with Crippen LogP contribution in [0.5, 0.6) is 0 Å². The van der Waals surface area contributed by atoms with E-state index in [0.29, 0.717) is 6.07 Å². The number of benzene rings is 1. The molecular weight excluding hydrogens is 280 g/mol. The lowest BCUT2D eigenvalue weighted by molar-refractivity contribution is -0.129. The molecule has 21 heavy (non-hydrogen) atoms. The number of halogens is 2. The van der Waals surface area contributed by atoms with E-state index in [4.69, 9.17) is 9.94 Å². The van der Waals surface area contributed by atoms with Crippen LogP contribution in [0.1, 0.15) is 44.6 Å². The van der Waals surface area contributed by atoms with Crippen LogP contribution in [0.15, 0.2) is 23.4 Å². The number of hydrogen-bond acceptors (Lipinski definition) is 3. The second-order valence-electron chi connectivity index (χ2n) is 5.47. The van der Waals surface area contributed by atoms with Gasteiger partial charge >= 0.3 is 5.97 Å². The van der Waals surface area contributed by atoms with Crippen molar-refractivity contribution in [1.82, 2.24) is 0 Å². The van der Waals surface area contributed by atoms with Gasteiger partial charge in [0.1, 0.15) is 17.2 Å². The molecule has 1 aromatic rings. The molecule has 0 aliphatic heterocycles. The Balaban J connectivity index is 2.26. The number of carboxylic acids is 1. The summed E-state index contributed by atoms with van der Waals surface area (Å²) < 4.78 is 26.6. The predicted octanol–water partition coefficient (Wildman–Crippen LogP) is 3.49. The number of nitrogens with zero attached hydrogens (tertiary/aromatic N) is 1. The van der Waals surface area contributed by atoms with E-state index in [1.54, 1.807) is 0 Å². The van der Waals surface area contributed by atoms with Crippen molar-refractivity contribution < 1.29 is 23.5 Å². The van der Waals surface area contributed by atoms with Crippen molar-refractivity contribution in [3.63, 3.8) is 0 Å². The lowest BCUT2D eigenvalue weighted by Gasteiger charge is -2.30. The highest BCUT2D eigenvalue weighted by Gasteiger charge is 2.30. The van der Waals surface area contributed by atoms with Gasteiger partial charge in [0.05, 0.1) is 0 Å². The molecule has 1 saturated carbocycles. The summed E-state index contributed by atoms with van der Waals surface area (Å²) >= 11 is 0. The standard InChI is InChI=1S/C15H17F2NO3/c1-15(7-3-2-4-8-15)21-18-13(14(19)20)11-6-5-10(16)9-12(11)17/h5-6,9H,2-4,7-8H2,1H3,(H,19,20). The molecule has 1 fully saturated rings. The zero-order valence-electron chi connectivity index (χ0n) is 11.7. The third kappa shape index (κ3) is 3.77. The fourth-order valence-electron chi connectivity index (χ4n) is 2.43. The van der Waals surface area contributed by atoms with E-state index in [1.165, 1.54) is 0 Å². The smallest absolute Gasteiger partial charge is 0.358 e. The summed E-state index contributed by atoms with van der Waals surface area (Å²) in [5, 5.41) is 12.8. The molecule has 0 atom stereocenters. The Labute approximate surface area is 121 Å². The van der Waals surface area contributed by atoms with Crippen LogP contribution in [0.2, 0.25) is 0 Å². The molecule has 0 heterocycles.